The summed E-state index contributed by atoms with van der Waals surface area (Å²) in [6, 6.07) is 33.8. The fourth-order valence-corrected chi connectivity index (χ4v) is 14.1. The molecule has 4 aromatic carbocycles. The number of para-hydroxylation sites is 2. The first-order valence-corrected chi connectivity index (χ1v) is 22.7. The molecule has 0 fully saturated rings. The van der Waals surface area contributed by atoms with Gasteiger partial charge in [0.1, 0.15) is 11.5 Å². The maximum atomic E-state index is 9.71. The molecule has 3 nitrogen and oxygen atoms in total. The predicted molar refractivity (Wildman–Crippen MR) is 194 cm³/mol. The van der Waals surface area contributed by atoms with Gasteiger partial charge in [-0.3, -0.25) is 0 Å². The van der Waals surface area contributed by atoms with Crippen molar-refractivity contribution in [2.45, 2.75) is 97.1 Å². The Morgan fingerprint density at radius 3 is 1.43 bits per heavy atom. The zero-order valence-corrected chi connectivity index (χ0v) is 30.3. The molecule has 0 radical (unpaired) electrons. The van der Waals surface area contributed by atoms with Crippen molar-refractivity contribution in [1.29, 1.82) is 0 Å². The molecule has 4 aromatic rings. The maximum absolute atomic E-state index is 9.71. The van der Waals surface area contributed by atoms with E-state index >= 15 is 0 Å². The highest BCUT2D eigenvalue weighted by molar-refractivity contribution is 6.84. The number of phenols is 2. The van der Waals surface area contributed by atoms with E-state index in [4.69, 9.17) is 4.12 Å². The minimum Gasteiger partial charge on any atom is -0.508 e. The molecule has 1 aliphatic rings. The molecule has 0 atom stereocenters. The molecule has 236 valence electrons. The van der Waals surface area contributed by atoms with Gasteiger partial charge in [-0.05, 0) is 110 Å². The summed E-state index contributed by atoms with van der Waals surface area (Å²) in [7, 11) is -2.95. The van der Waals surface area contributed by atoms with Crippen molar-refractivity contribution in [3.63, 3.8) is 0 Å². The van der Waals surface area contributed by atoms with E-state index in [0.717, 1.165) is 42.9 Å². The van der Waals surface area contributed by atoms with Crippen LogP contribution in [0.3, 0.4) is 0 Å². The molecule has 0 saturated heterocycles. The highest BCUT2D eigenvalue weighted by atomic mass is 28.4. The molecular weight excluding hydrogens is 573 g/mol. The SMILES string of the molecule is CC1(C)c2ccccc2-c2ccccc21.CCCCc1ccccc1O.C[Si](C)(C)O[Si](C)(C)CCCc1ccccc1O. The molecule has 5 heteroatoms. The van der Waals surface area contributed by atoms with E-state index in [-0.39, 0.29) is 5.41 Å². The molecule has 44 heavy (non-hydrogen) atoms. The Morgan fingerprint density at radius 1 is 0.591 bits per heavy atom. The molecule has 0 bridgehead atoms. The molecule has 0 aliphatic heterocycles. The second kappa shape index (κ2) is 15.7. The smallest absolute Gasteiger partial charge is 0.173 e. The Balaban J connectivity index is 0.000000185. The van der Waals surface area contributed by atoms with Gasteiger partial charge in [-0.1, -0.05) is 112 Å². The summed E-state index contributed by atoms with van der Waals surface area (Å²) < 4.78 is 6.31. The summed E-state index contributed by atoms with van der Waals surface area (Å²) in [4.78, 5) is 0. The van der Waals surface area contributed by atoms with Crippen molar-refractivity contribution < 1.29 is 14.3 Å². The Morgan fingerprint density at radius 2 is 1.00 bits per heavy atom. The first kappa shape index (κ1) is 35.4. The molecule has 0 heterocycles. The van der Waals surface area contributed by atoms with Crippen LogP contribution in [-0.4, -0.2) is 26.8 Å². The first-order chi connectivity index (χ1) is 20.7. The summed E-state index contributed by atoms with van der Waals surface area (Å²) in [6.07, 6.45) is 5.36. The van der Waals surface area contributed by atoms with Crippen LogP contribution in [0.4, 0.5) is 0 Å². The number of hydrogen-bond acceptors (Lipinski definition) is 3. The van der Waals surface area contributed by atoms with Crippen molar-refractivity contribution in [3.8, 4) is 22.6 Å². The van der Waals surface area contributed by atoms with Gasteiger partial charge in [-0.15, -0.1) is 0 Å². The van der Waals surface area contributed by atoms with Crippen LogP contribution in [0.2, 0.25) is 38.8 Å². The molecule has 0 aromatic heterocycles. The number of fused-ring (bicyclic) bond motifs is 3. The summed E-state index contributed by atoms with van der Waals surface area (Å²) in [5.41, 5.74) is 7.98. The van der Waals surface area contributed by atoms with Crippen LogP contribution in [0.15, 0.2) is 97.1 Å². The van der Waals surface area contributed by atoms with Crippen LogP contribution in [0.25, 0.3) is 11.1 Å². The topological polar surface area (TPSA) is 49.7 Å². The summed E-state index contributed by atoms with van der Waals surface area (Å²) in [5, 5.41) is 19.1. The highest BCUT2D eigenvalue weighted by Gasteiger charge is 2.34. The molecule has 5 rings (SSSR count). The zero-order valence-electron chi connectivity index (χ0n) is 28.3. The second-order valence-electron chi connectivity index (χ2n) is 13.9. The number of hydrogen-bond donors (Lipinski definition) is 2. The van der Waals surface area contributed by atoms with E-state index in [9.17, 15) is 10.2 Å². The third-order valence-electron chi connectivity index (χ3n) is 8.08. The van der Waals surface area contributed by atoms with E-state index in [2.05, 4.69) is 102 Å². The second-order valence-corrected chi connectivity index (χ2v) is 23.0. The number of phenolic OH excluding ortho intramolecular Hbond substituents is 2. The lowest BCUT2D eigenvalue weighted by molar-refractivity contribution is 0.466. The quantitative estimate of drug-likeness (QED) is 0.182. The number of rotatable bonds is 9. The van der Waals surface area contributed by atoms with Gasteiger partial charge in [-0.2, -0.15) is 0 Å². The van der Waals surface area contributed by atoms with E-state index < -0.39 is 16.6 Å². The molecule has 2 N–H and O–H groups in total. The van der Waals surface area contributed by atoms with Crippen LogP contribution < -0.4 is 0 Å². The van der Waals surface area contributed by atoms with Gasteiger partial charge in [0, 0.05) is 5.41 Å². The van der Waals surface area contributed by atoms with Crippen LogP contribution in [0.1, 0.15) is 62.3 Å². The van der Waals surface area contributed by atoms with Crippen LogP contribution in [0, 0.1) is 0 Å². The molecular formula is C39H54O3Si2. The normalized spacial score (nSPS) is 13.1. The van der Waals surface area contributed by atoms with Crippen LogP contribution in [0.5, 0.6) is 11.5 Å². The first-order valence-electron chi connectivity index (χ1n) is 16.2. The molecule has 0 amide bonds. The Hall–Kier alpha value is -3.13. The summed E-state index contributed by atoms with van der Waals surface area (Å²) in [5.74, 6) is 0.851. The van der Waals surface area contributed by atoms with Gasteiger partial charge in [0.2, 0.25) is 0 Å². The average Bonchev–Trinajstić information content (AvgIpc) is 3.20. The fraction of sp³-hybridized carbons (Fsp3) is 0.385. The Labute approximate surface area is 269 Å². The van der Waals surface area contributed by atoms with Crippen molar-refractivity contribution in [3.05, 3.63) is 119 Å². The van der Waals surface area contributed by atoms with Crippen molar-refractivity contribution in [1.82, 2.24) is 0 Å². The van der Waals surface area contributed by atoms with E-state index in [0.29, 0.717) is 11.5 Å². The maximum Gasteiger partial charge on any atom is 0.173 e. The third kappa shape index (κ3) is 10.2. The van der Waals surface area contributed by atoms with E-state index in [1.54, 1.807) is 12.1 Å². The van der Waals surface area contributed by atoms with Crippen molar-refractivity contribution in [2.24, 2.45) is 0 Å². The van der Waals surface area contributed by atoms with Crippen molar-refractivity contribution >= 4 is 16.6 Å². The fourth-order valence-electron chi connectivity index (χ4n) is 6.07. The minimum atomic E-state index is -1.53. The van der Waals surface area contributed by atoms with Gasteiger partial charge >= 0.3 is 0 Å². The van der Waals surface area contributed by atoms with Gasteiger partial charge in [-0.25, -0.2) is 0 Å². The number of aromatic hydroxyl groups is 2. The van der Waals surface area contributed by atoms with Crippen LogP contribution >= 0.6 is 0 Å². The molecule has 1 aliphatic carbocycles. The molecule has 0 saturated carbocycles. The van der Waals surface area contributed by atoms with Gasteiger partial charge in [0.15, 0.2) is 16.6 Å². The number of benzene rings is 4. The Bertz CT molecular complexity index is 1420. The molecule has 0 unspecified atom stereocenters. The standard InChI is InChI=1S/C15H14.C14H26O2Si2.C10H14O/c1-15(2)13-9-5-3-7-11(13)12-8-4-6-10-14(12)15;1-17(2,3)16-18(4,5)12-8-10-13-9-6-7-11-14(13)15;1-2-3-6-9-7-4-5-8-10(9)11/h3-10H,1-2H3;6-7,9,11,15H,8,10,12H2,1-5H3;4-5,7-8,11H,2-3,6H2,1H3. The highest BCUT2D eigenvalue weighted by Crippen LogP contribution is 2.48. The van der Waals surface area contributed by atoms with Gasteiger partial charge < -0.3 is 14.3 Å². The zero-order chi connectivity index (χ0) is 32.4. The molecule has 0 spiro atoms. The lowest BCUT2D eigenvalue weighted by atomic mass is 9.82. The predicted octanol–water partition coefficient (Wildman–Crippen LogP) is 11.1. The lowest BCUT2D eigenvalue weighted by Crippen LogP contribution is -2.42. The van der Waals surface area contributed by atoms with Crippen molar-refractivity contribution in [2.75, 3.05) is 0 Å². The van der Waals surface area contributed by atoms with Crippen LogP contribution in [-0.2, 0) is 22.4 Å². The minimum absolute atomic E-state index is 0.160. The number of unbranched alkanes of at least 4 members (excludes halogenated alkanes) is 1. The number of aryl methyl sites for hydroxylation is 2. The third-order valence-corrected chi connectivity index (χ3v) is 14.3. The Kier molecular flexibility index (Phi) is 12.6. The van der Waals surface area contributed by atoms with E-state index in [1.807, 2.05) is 36.4 Å². The summed E-state index contributed by atoms with van der Waals surface area (Å²) in [6.45, 7) is 18.1. The van der Waals surface area contributed by atoms with Gasteiger partial charge in [0.25, 0.3) is 0 Å². The lowest BCUT2D eigenvalue weighted by Gasteiger charge is -2.31. The van der Waals surface area contributed by atoms with Gasteiger partial charge in [0.05, 0.1) is 0 Å². The largest absolute Gasteiger partial charge is 0.508 e. The monoisotopic (exact) mass is 626 g/mol. The average molecular weight is 627 g/mol. The van der Waals surface area contributed by atoms with E-state index in [1.165, 1.54) is 28.7 Å². The summed E-state index contributed by atoms with van der Waals surface area (Å²) >= 11 is 0.